The topological polar surface area (TPSA) is 76.0 Å². The summed E-state index contributed by atoms with van der Waals surface area (Å²) in [5.41, 5.74) is -0.0216. The van der Waals surface area contributed by atoms with Crippen LogP contribution in [0.5, 0.6) is 0 Å². The Morgan fingerprint density at radius 2 is 2.38 bits per heavy atom. The third kappa shape index (κ3) is 2.48. The van der Waals surface area contributed by atoms with E-state index in [0.29, 0.717) is 11.5 Å². The SMILES string of the molecule is [B]OC(=O)C1CSCC(C(=O)O)=N1. The summed E-state index contributed by atoms with van der Waals surface area (Å²) in [4.78, 5) is 25.1. The van der Waals surface area contributed by atoms with Crippen LogP contribution in [0.1, 0.15) is 0 Å². The van der Waals surface area contributed by atoms with Crippen LogP contribution in [0.25, 0.3) is 0 Å². The van der Waals surface area contributed by atoms with Crippen LogP contribution < -0.4 is 0 Å². The quantitative estimate of drug-likeness (QED) is 0.592. The molecule has 1 rings (SSSR count). The Labute approximate surface area is 80.0 Å². The molecule has 1 heterocycles. The minimum atomic E-state index is -1.11. The Kier molecular flexibility index (Phi) is 3.35. The van der Waals surface area contributed by atoms with Gasteiger partial charge in [0.2, 0.25) is 0 Å². The van der Waals surface area contributed by atoms with Crippen LogP contribution in [0.4, 0.5) is 0 Å². The van der Waals surface area contributed by atoms with Gasteiger partial charge >= 0.3 is 20.0 Å². The number of hydrogen-bond donors (Lipinski definition) is 1. The van der Waals surface area contributed by atoms with E-state index in [4.69, 9.17) is 5.11 Å². The fourth-order valence-electron chi connectivity index (χ4n) is 0.846. The minimum Gasteiger partial charge on any atom is -0.542 e. The lowest BCUT2D eigenvalue weighted by Gasteiger charge is -2.16. The Bertz CT molecular complexity index is 267. The number of nitrogens with zero attached hydrogens (tertiary/aromatic N) is 1. The number of aliphatic carboxylic acids is 1. The van der Waals surface area contributed by atoms with E-state index in [1.807, 2.05) is 0 Å². The molecule has 0 aromatic rings. The third-order valence-electron chi connectivity index (χ3n) is 1.46. The number of carbonyl (C=O) groups excluding carboxylic acids is 1. The normalized spacial score (nSPS) is 21.8. The minimum absolute atomic E-state index is 0.0216. The second-order valence-electron chi connectivity index (χ2n) is 2.35. The monoisotopic (exact) mass is 199 g/mol. The zero-order chi connectivity index (χ0) is 9.84. The van der Waals surface area contributed by atoms with Crippen LogP contribution in [0.15, 0.2) is 4.99 Å². The molecule has 0 saturated heterocycles. The molecule has 1 N–H and O–H groups in total. The molecule has 0 aromatic heterocycles. The first-order valence-corrected chi connectivity index (χ1v) is 4.59. The molecule has 1 atom stereocenters. The first-order chi connectivity index (χ1) is 6.15. The van der Waals surface area contributed by atoms with Crippen molar-refractivity contribution in [1.29, 1.82) is 0 Å². The van der Waals surface area contributed by atoms with E-state index in [0.717, 1.165) is 0 Å². The Balaban J connectivity index is 2.73. The standard InChI is InChI=1S/C6H6BNO4S/c7-12-6(11)4-2-13-1-3(8-4)5(9)10/h4H,1-2H2,(H,9,10). The molecule has 2 radical (unpaired) electrons. The van der Waals surface area contributed by atoms with Crippen molar-refractivity contribution in [2.75, 3.05) is 11.5 Å². The van der Waals surface area contributed by atoms with Crippen molar-refractivity contribution in [2.24, 2.45) is 4.99 Å². The van der Waals surface area contributed by atoms with E-state index in [9.17, 15) is 9.59 Å². The molecular formula is C6H6BNO4S. The zero-order valence-corrected chi connectivity index (χ0v) is 7.41. The first kappa shape index (κ1) is 10.1. The van der Waals surface area contributed by atoms with Crippen LogP contribution in [0, 0.1) is 0 Å². The molecule has 1 unspecified atom stereocenters. The predicted octanol–water partition coefficient (Wildman–Crippen LogP) is -0.746. The van der Waals surface area contributed by atoms with Crippen LogP contribution in [-0.2, 0) is 14.2 Å². The molecule has 0 spiro atoms. The average Bonchev–Trinajstić information content (AvgIpc) is 2.17. The summed E-state index contributed by atoms with van der Waals surface area (Å²) in [5, 5.41) is 8.58. The molecule has 0 saturated carbocycles. The zero-order valence-electron chi connectivity index (χ0n) is 6.60. The number of carbonyl (C=O) groups is 2. The molecule has 5 nitrogen and oxygen atoms in total. The summed E-state index contributed by atoms with van der Waals surface area (Å²) in [6.45, 7) is 0. The summed E-state index contributed by atoms with van der Waals surface area (Å²) < 4.78 is 3.97. The molecule has 1 aliphatic heterocycles. The van der Waals surface area contributed by atoms with Gasteiger partial charge < -0.3 is 9.76 Å². The molecule has 1 aliphatic rings. The molecule has 0 aromatic carbocycles. The van der Waals surface area contributed by atoms with Crippen LogP contribution in [0.3, 0.4) is 0 Å². The Hall–Kier alpha value is -0.975. The highest BCUT2D eigenvalue weighted by molar-refractivity contribution is 8.00. The van der Waals surface area contributed by atoms with E-state index in [1.165, 1.54) is 11.8 Å². The first-order valence-electron chi connectivity index (χ1n) is 3.43. The molecule has 0 fully saturated rings. The second-order valence-corrected chi connectivity index (χ2v) is 3.38. The highest BCUT2D eigenvalue weighted by Gasteiger charge is 2.25. The van der Waals surface area contributed by atoms with Crippen LogP contribution >= 0.6 is 11.8 Å². The van der Waals surface area contributed by atoms with E-state index in [1.54, 1.807) is 0 Å². The van der Waals surface area contributed by atoms with Gasteiger partial charge in [-0.2, -0.15) is 11.8 Å². The van der Waals surface area contributed by atoms with Gasteiger partial charge in [0.1, 0.15) is 5.71 Å². The van der Waals surface area contributed by atoms with Crippen molar-refractivity contribution in [2.45, 2.75) is 6.04 Å². The van der Waals surface area contributed by atoms with Gasteiger partial charge in [-0.25, -0.2) is 4.79 Å². The number of thioether (sulfide) groups is 1. The molecule has 13 heavy (non-hydrogen) atoms. The van der Waals surface area contributed by atoms with E-state index >= 15 is 0 Å². The number of carboxylic acids is 1. The fourth-order valence-corrected chi connectivity index (χ4v) is 1.79. The lowest BCUT2D eigenvalue weighted by molar-refractivity contribution is -0.134. The van der Waals surface area contributed by atoms with Crippen molar-refractivity contribution >= 4 is 37.5 Å². The predicted molar refractivity (Wildman–Crippen MR) is 48.0 cm³/mol. The number of hydrogen-bond acceptors (Lipinski definition) is 5. The van der Waals surface area contributed by atoms with Gasteiger partial charge in [-0.3, -0.25) is 9.79 Å². The van der Waals surface area contributed by atoms with Gasteiger partial charge in [-0.05, 0) is 0 Å². The van der Waals surface area contributed by atoms with Crippen molar-refractivity contribution in [1.82, 2.24) is 0 Å². The average molecular weight is 199 g/mol. The Morgan fingerprint density at radius 1 is 1.69 bits per heavy atom. The summed E-state index contributed by atoms with van der Waals surface area (Å²) >= 11 is 1.32. The van der Waals surface area contributed by atoms with E-state index < -0.39 is 18.0 Å². The number of aliphatic imine (C=N–C) groups is 1. The summed E-state index contributed by atoms with van der Waals surface area (Å²) in [6, 6.07) is -0.783. The maximum absolute atomic E-state index is 10.9. The maximum Gasteiger partial charge on any atom is 0.378 e. The van der Waals surface area contributed by atoms with Crippen LogP contribution in [-0.4, -0.2) is 48.4 Å². The summed E-state index contributed by atoms with van der Waals surface area (Å²) in [5.74, 6) is -1.09. The van der Waals surface area contributed by atoms with Crippen LogP contribution in [0.2, 0.25) is 0 Å². The maximum atomic E-state index is 10.9. The Morgan fingerprint density at radius 3 is 2.92 bits per heavy atom. The lowest BCUT2D eigenvalue weighted by Crippen LogP contribution is -2.32. The van der Waals surface area contributed by atoms with E-state index in [2.05, 4.69) is 17.7 Å². The lowest BCUT2D eigenvalue weighted by atomic mass is 10.3. The van der Waals surface area contributed by atoms with Gasteiger partial charge in [0.15, 0.2) is 6.04 Å². The molecule has 0 amide bonds. The number of carboxylic acid groups (broad SMARTS) is 1. The molecular weight excluding hydrogens is 193 g/mol. The third-order valence-corrected chi connectivity index (χ3v) is 2.49. The highest BCUT2D eigenvalue weighted by Crippen LogP contribution is 2.14. The number of rotatable bonds is 2. The van der Waals surface area contributed by atoms with Crippen molar-refractivity contribution in [3.63, 3.8) is 0 Å². The molecule has 0 bridgehead atoms. The second kappa shape index (κ2) is 4.31. The highest BCUT2D eigenvalue weighted by atomic mass is 32.2. The molecule has 68 valence electrons. The van der Waals surface area contributed by atoms with Crippen molar-refractivity contribution < 1.29 is 19.3 Å². The van der Waals surface area contributed by atoms with Gasteiger partial charge in [-0.15, -0.1) is 0 Å². The molecule has 0 aliphatic carbocycles. The van der Waals surface area contributed by atoms with Gasteiger partial charge in [0.05, 0.1) is 0 Å². The summed E-state index contributed by atoms with van der Waals surface area (Å²) in [6.07, 6.45) is 0. The largest absolute Gasteiger partial charge is 0.542 e. The van der Waals surface area contributed by atoms with E-state index in [-0.39, 0.29) is 5.71 Å². The summed E-state index contributed by atoms with van der Waals surface area (Å²) in [7, 11) is 4.65. The van der Waals surface area contributed by atoms with Gasteiger partial charge in [-0.1, -0.05) is 0 Å². The van der Waals surface area contributed by atoms with Crippen molar-refractivity contribution in [3.8, 4) is 0 Å². The van der Waals surface area contributed by atoms with Gasteiger partial charge in [0.25, 0.3) is 0 Å². The van der Waals surface area contributed by atoms with Gasteiger partial charge in [0, 0.05) is 11.5 Å². The fraction of sp³-hybridized carbons (Fsp3) is 0.500. The smallest absolute Gasteiger partial charge is 0.378 e. The molecule has 7 heteroatoms. The van der Waals surface area contributed by atoms with Crippen molar-refractivity contribution in [3.05, 3.63) is 0 Å².